The maximum Gasteiger partial charge on any atom is 0.412 e. The predicted octanol–water partition coefficient (Wildman–Crippen LogP) is 12.5. The Morgan fingerprint density at radius 3 is 1.78 bits per heavy atom. The zero-order chi connectivity index (χ0) is 55.4. The van der Waals surface area contributed by atoms with Crippen LogP contribution in [0.25, 0.3) is 32.7 Å². The van der Waals surface area contributed by atoms with Gasteiger partial charge in [-0.15, -0.1) is 0 Å². The minimum atomic E-state index is -0.538. The van der Waals surface area contributed by atoms with E-state index in [1.165, 1.54) is 23.8 Å². The fourth-order valence-corrected chi connectivity index (χ4v) is 10.6. The molecule has 1 unspecified atom stereocenters. The van der Waals surface area contributed by atoms with Gasteiger partial charge in [0.2, 0.25) is 0 Å². The number of likely N-dealkylation sites (N-methyl/N-ethyl adjacent to an activating group) is 2. The van der Waals surface area contributed by atoms with E-state index in [2.05, 4.69) is 119 Å². The van der Waals surface area contributed by atoms with Crippen LogP contribution in [-0.2, 0) is 39.0 Å². The van der Waals surface area contributed by atoms with E-state index in [1.807, 2.05) is 68.4 Å². The molecule has 14 heteroatoms. The molecule has 1 aliphatic heterocycles. The van der Waals surface area contributed by atoms with Crippen molar-refractivity contribution < 1.29 is 47.5 Å². The van der Waals surface area contributed by atoms with Crippen LogP contribution in [0.1, 0.15) is 58.8 Å². The van der Waals surface area contributed by atoms with E-state index in [9.17, 15) is 9.59 Å². The molecule has 1 heterocycles. The first-order valence-electron chi connectivity index (χ1n) is 26.8. The van der Waals surface area contributed by atoms with Gasteiger partial charge in [-0.25, -0.2) is 9.59 Å². The highest BCUT2D eigenvalue weighted by molar-refractivity contribution is 6.13. The molecule has 8 aromatic carbocycles. The highest BCUT2D eigenvalue weighted by atomic mass is 16.6. The fourth-order valence-electron chi connectivity index (χ4n) is 10.6. The normalized spacial score (nSPS) is 13.3. The predicted molar refractivity (Wildman–Crippen MR) is 310 cm³/mol. The minimum absolute atomic E-state index is 0.115. The zero-order valence-electron chi connectivity index (χ0n) is 46.4. The number of carbonyl (C=O) groups excluding carboxylic acids is 2. The molecule has 10 rings (SSSR count). The number of amides is 2. The summed E-state index contributed by atoms with van der Waals surface area (Å²) in [6.45, 7) is 8.13. The number of benzene rings is 8. The Labute approximate surface area is 463 Å². The Morgan fingerprint density at radius 1 is 0.595 bits per heavy atom. The lowest BCUT2D eigenvalue weighted by Crippen LogP contribution is -2.36. The maximum atomic E-state index is 12.3. The number of hydrogen-bond donors (Lipinski definition) is 2. The van der Waals surface area contributed by atoms with Crippen molar-refractivity contribution in [3.05, 3.63) is 178 Å². The third-order valence-electron chi connectivity index (χ3n) is 14.4. The summed E-state index contributed by atoms with van der Waals surface area (Å²) in [6, 6.07) is 47.3. The summed E-state index contributed by atoms with van der Waals surface area (Å²) in [5.41, 5.74) is 9.78. The average molecular weight is 1070 g/mol. The van der Waals surface area contributed by atoms with Gasteiger partial charge in [-0.1, -0.05) is 103 Å². The molecule has 0 saturated heterocycles. The molecule has 8 aromatic rings. The number of rotatable bonds is 19. The summed E-state index contributed by atoms with van der Waals surface area (Å²) in [4.78, 5) is 29.0. The molecular weight excluding hydrogens is 997 g/mol. The lowest BCUT2D eigenvalue weighted by molar-refractivity contribution is 0.198. The second kappa shape index (κ2) is 25.8. The Balaban J connectivity index is 0.000000199. The summed E-state index contributed by atoms with van der Waals surface area (Å²) in [7, 11) is 10.8. The van der Waals surface area contributed by atoms with Crippen molar-refractivity contribution in [2.45, 2.75) is 58.9 Å². The van der Waals surface area contributed by atoms with Gasteiger partial charge >= 0.3 is 12.2 Å². The topological polar surface area (TPSA) is 139 Å². The van der Waals surface area contributed by atoms with Gasteiger partial charge in [-0.05, 0) is 144 Å². The number of nitrogens with one attached hydrogen (secondary N) is 2. The van der Waals surface area contributed by atoms with Crippen molar-refractivity contribution in [3.8, 4) is 57.1 Å². The van der Waals surface area contributed by atoms with Crippen molar-refractivity contribution in [1.82, 2.24) is 20.4 Å². The third kappa shape index (κ3) is 12.6. The Hall–Kier alpha value is -8.46. The first kappa shape index (κ1) is 55.3. The van der Waals surface area contributed by atoms with Crippen molar-refractivity contribution in [2.24, 2.45) is 0 Å². The van der Waals surface area contributed by atoms with E-state index in [-0.39, 0.29) is 6.04 Å². The van der Waals surface area contributed by atoms with Gasteiger partial charge in [-0.3, -0.25) is 4.90 Å². The first-order valence-corrected chi connectivity index (χ1v) is 26.8. The van der Waals surface area contributed by atoms with Crippen LogP contribution in [0.3, 0.4) is 0 Å². The van der Waals surface area contributed by atoms with Crippen molar-refractivity contribution in [3.63, 3.8) is 0 Å². The van der Waals surface area contributed by atoms with Gasteiger partial charge in [0.05, 0.1) is 28.4 Å². The van der Waals surface area contributed by atoms with Crippen LogP contribution >= 0.6 is 0 Å². The first-order chi connectivity index (χ1) is 38.5. The van der Waals surface area contributed by atoms with E-state index >= 15 is 0 Å². The molecule has 0 spiro atoms. The minimum Gasteiger partial charge on any atom is -0.493 e. The summed E-state index contributed by atoms with van der Waals surface area (Å²) in [5, 5.41) is 9.52. The smallest absolute Gasteiger partial charge is 0.412 e. The van der Waals surface area contributed by atoms with E-state index in [0.29, 0.717) is 66.5 Å². The summed E-state index contributed by atoms with van der Waals surface area (Å²) in [6.07, 6.45) is 1.35. The molecule has 0 fully saturated rings. The number of carbonyl (C=O) groups is 2. The highest BCUT2D eigenvalue weighted by Gasteiger charge is 2.38. The Morgan fingerprint density at radius 2 is 1.18 bits per heavy atom. The van der Waals surface area contributed by atoms with Crippen molar-refractivity contribution in [1.29, 1.82) is 0 Å². The molecular formula is C65H70N4O10. The molecule has 0 bridgehead atoms. The van der Waals surface area contributed by atoms with Gasteiger partial charge in [0.15, 0.2) is 46.0 Å². The number of nitrogens with zero attached hydrogens (tertiary/aromatic N) is 2. The molecule has 1 aliphatic carbocycles. The van der Waals surface area contributed by atoms with Crippen molar-refractivity contribution >= 4 is 33.7 Å². The molecule has 1 atom stereocenters. The SMILES string of the molecule is CCNC(=O)Oc1cc2c(cc1OC)-c1c(OC)c(OC(=O)NCC)cc3c1C(C2)N(C)CC3.COc1cc2c(ccc3c(CCN(C)Cc4ccccc4)cc(OCc4ccccc4)c(OC)c32)cc1OCc1ccccc1. The number of hydrogen-bond acceptors (Lipinski definition) is 12. The highest BCUT2D eigenvalue weighted by Crippen LogP contribution is 2.54. The second-order valence-corrected chi connectivity index (χ2v) is 19.6. The monoisotopic (exact) mass is 1070 g/mol. The standard InChI is InChI=1S/C40H39NO4.C25H31N3O6/c1-41(26-29-13-7-4-8-14-29)22-21-33-24-38(45-28-31-17-11-6-12-18-31)40(43-3)39-34(33)20-19-32-23-37(36(42-2)25-35(32)39)44-27-30-15-9-5-10-16-30;1-6-26-24(29)33-19-12-15-10-17-21-14(8-9-28(17)3)11-20(34-25(30)27-7-2)23(32-5)22(21)16(15)13-18(19)31-4/h4-20,23-25H,21-22,26-28H2,1-3H3;11-13,17H,6-10H2,1-5H3,(H,26,29)(H,27,30). The van der Waals surface area contributed by atoms with Crippen LogP contribution in [0.2, 0.25) is 0 Å². The van der Waals surface area contributed by atoms with Crippen molar-refractivity contribution in [2.75, 3.05) is 68.7 Å². The molecule has 0 aromatic heterocycles. The van der Waals surface area contributed by atoms with Crippen LogP contribution in [0.4, 0.5) is 9.59 Å². The Kier molecular flexibility index (Phi) is 18.1. The molecule has 2 aliphatic rings. The van der Waals surface area contributed by atoms with Crippen LogP contribution < -0.4 is 48.5 Å². The fraction of sp³-hybridized carbons (Fsp3) is 0.292. The quantitative estimate of drug-likeness (QED) is 0.0746. The van der Waals surface area contributed by atoms with Gasteiger partial charge in [-0.2, -0.15) is 0 Å². The molecule has 0 saturated carbocycles. The van der Waals surface area contributed by atoms with Gasteiger partial charge in [0, 0.05) is 49.7 Å². The van der Waals surface area contributed by atoms with Crippen LogP contribution in [0.15, 0.2) is 140 Å². The molecule has 79 heavy (non-hydrogen) atoms. The van der Waals surface area contributed by atoms with Crippen LogP contribution in [-0.4, -0.2) is 90.7 Å². The largest absolute Gasteiger partial charge is 0.493 e. The van der Waals surface area contributed by atoms with E-state index in [4.69, 9.17) is 37.9 Å². The summed E-state index contributed by atoms with van der Waals surface area (Å²) in [5.74, 6) is 4.46. The van der Waals surface area contributed by atoms with Gasteiger partial charge in [0.1, 0.15) is 13.2 Å². The molecule has 410 valence electrons. The lowest BCUT2D eigenvalue weighted by atomic mass is 9.76. The number of methoxy groups -OCH3 is 4. The van der Waals surface area contributed by atoms with Gasteiger partial charge < -0.3 is 53.4 Å². The molecule has 2 N–H and O–H groups in total. The van der Waals surface area contributed by atoms with E-state index in [1.54, 1.807) is 21.3 Å². The van der Waals surface area contributed by atoms with E-state index in [0.717, 1.165) is 99.6 Å². The second-order valence-electron chi connectivity index (χ2n) is 19.6. The Bertz CT molecular complexity index is 3410. The number of fused-ring (bicyclic) bond motifs is 5. The lowest BCUT2D eigenvalue weighted by Gasteiger charge is -2.40. The zero-order valence-corrected chi connectivity index (χ0v) is 46.4. The molecule has 0 radical (unpaired) electrons. The van der Waals surface area contributed by atoms with E-state index < -0.39 is 12.2 Å². The van der Waals surface area contributed by atoms with Gasteiger partial charge in [0.25, 0.3) is 0 Å². The van der Waals surface area contributed by atoms with Crippen LogP contribution in [0.5, 0.6) is 46.0 Å². The summed E-state index contributed by atoms with van der Waals surface area (Å²) < 4.78 is 47.3. The molecule has 2 amide bonds. The molecule has 14 nitrogen and oxygen atoms in total. The number of ether oxygens (including phenoxy) is 8. The average Bonchev–Trinajstić information content (AvgIpc) is 3.67. The third-order valence-corrected chi connectivity index (χ3v) is 14.4. The van der Waals surface area contributed by atoms with Crippen LogP contribution in [0, 0.1) is 0 Å². The maximum absolute atomic E-state index is 12.3. The summed E-state index contributed by atoms with van der Waals surface area (Å²) >= 11 is 0.